The molecule has 0 spiro atoms. The number of rotatable bonds is 5. The Kier molecular flexibility index (Phi) is 4.72. The van der Waals surface area contributed by atoms with Gasteiger partial charge in [0.2, 0.25) is 5.91 Å². The van der Waals surface area contributed by atoms with Crippen LogP contribution in [0.2, 0.25) is 0 Å². The fourth-order valence-electron chi connectivity index (χ4n) is 2.94. The summed E-state index contributed by atoms with van der Waals surface area (Å²) in [7, 11) is 0. The van der Waals surface area contributed by atoms with Gasteiger partial charge in [0.15, 0.2) is 5.65 Å². The number of hydrogen-bond acceptors (Lipinski definition) is 4. The van der Waals surface area contributed by atoms with Crippen molar-refractivity contribution in [2.75, 3.05) is 0 Å². The zero-order chi connectivity index (χ0) is 19.5. The van der Waals surface area contributed by atoms with E-state index >= 15 is 0 Å². The van der Waals surface area contributed by atoms with Crippen molar-refractivity contribution < 1.29 is 4.79 Å². The third kappa shape index (κ3) is 3.55. The summed E-state index contributed by atoms with van der Waals surface area (Å²) >= 11 is 0. The molecule has 0 saturated carbocycles. The van der Waals surface area contributed by atoms with Crippen LogP contribution in [0.5, 0.6) is 0 Å². The Morgan fingerprint density at radius 2 is 1.82 bits per heavy atom. The first-order valence-electron chi connectivity index (χ1n) is 8.92. The van der Waals surface area contributed by atoms with Gasteiger partial charge in [-0.1, -0.05) is 48.0 Å². The van der Waals surface area contributed by atoms with Gasteiger partial charge in [0.05, 0.1) is 11.9 Å². The topological polar surface area (TPSA) is 81.8 Å². The molecule has 7 nitrogen and oxygen atoms in total. The van der Waals surface area contributed by atoms with Crippen molar-refractivity contribution in [3.63, 3.8) is 0 Å². The third-order valence-electron chi connectivity index (χ3n) is 4.48. The maximum absolute atomic E-state index is 12.7. The molecule has 1 amide bonds. The Morgan fingerprint density at radius 1 is 1.07 bits per heavy atom. The number of nitrogens with zero attached hydrogens (tertiary/aromatic N) is 4. The first kappa shape index (κ1) is 17.7. The van der Waals surface area contributed by atoms with Crippen molar-refractivity contribution in [3.05, 3.63) is 88.6 Å². The summed E-state index contributed by atoms with van der Waals surface area (Å²) in [6, 6.07) is 17.4. The predicted molar refractivity (Wildman–Crippen MR) is 106 cm³/mol. The lowest BCUT2D eigenvalue weighted by atomic mass is 10.1. The Hall–Kier alpha value is -3.74. The Bertz CT molecular complexity index is 1180. The number of nitrogens with one attached hydrogen (secondary N) is 1. The van der Waals surface area contributed by atoms with Crippen LogP contribution < -0.4 is 10.9 Å². The third-order valence-corrected chi connectivity index (χ3v) is 4.48. The maximum atomic E-state index is 12.7. The van der Waals surface area contributed by atoms with Crippen LogP contribution in [0.3, 0.4) is 0 Å². The molecule has 0 aliphatic heterocycles. The van der Waals surface area contributed by atoms with Crippen molar-refractivity contribution in [2.24, 2.45) is 0 Å². The molecule has 0 fully saturated rings. The van der Waals surface area contributed by atoms with E-state index < -0.39 is 0 Å². The van der Waals surface area contributed by atoms with Crippen molar-refractivity contribution in [3.8, 4) is 5.69 Å². The second-order valence-electron chi connectivity index (χ2n) is 6.57. The van der Waals surface area contributed by atoms with Crippen LogP contribution in [0.15, 0.2) is 71.9 Å². The summed E-state index contributed by atoms with van der Waals surface area (Å²) in [6.07, 6.45) is 2.87. The molecule has 2 heterocycles. The molecule has 4 rings (SSSR count). The zero-order valence-corrected chi connectivity index (χ0v) is 15.4. The largest absolute Gasteiger partial charge is 0.350 e. The molecule has 0 atom stereocenters. The fraction of sp³-hybridized carbons (Fsp3) is 0.143. The minimum absolute atomic E-state index is 0.0931. The smallest absolute Gasteiger partial charge is 0.264 e. The number of carbonyl (C=O) groups is 1. The van der Waals surface area contributed by atoms with Gasteiger partial charge in [-0.2, -0.15) is 5.10 Å². The van der Waals surface area contributed by atoms with E-state index in [1.165, 1.54) is 17.1 Å². The van der Waals surface area contributed by atoms with E-state index in [0.717, 1.165) is 16.8 Å². The van der Waals surface area contributed by atoms with Gasteiger partial charge in [0.1, 0.15) is 18.3 Å². The molecule has 0 bridgehead atoms. The van der Waals surface area contributed by atoms with Crippen LogP contribution in [0.4, 0.5) is 0 Å². The van der Waals surface area contributed by atoms with Crippen molar-refractivity contribution >= 4 is 16.9 Å². The van der Waals surface area contributed by atoms with Gasteiger partial charge in [0.25, 0.3) is 5.56 Å². The first-order valence-corrected chi connectivity index (χ1v) is 8.92. The summed E-state index contributed by atoms with van der Waals surface area (Å²) in [5, 5.41) is 7.47. The van der Waals surface area contributed by atoms with Gasteiger partial charge in [0, 0.05) is 6.54 Å². The average molecular weight is 373 g/mol. The van der Waals surface area contributed by atoms with Gasteiger partial charge in [-0.15, -0.1) is 0 Å². The lowest BCUT2D eigenvalue weighted by Crippen LogP contribution is -2.32. The van der Waals surface area contributed by atoms with Gasteiger partial charge in [-0.25, -0.2) is 9.67 Å². The molecule has 4 aromatic rings. The standard InChI is InChI=1S/C21H19N5O2/c1-15-7-9-16(10-8-15)11-22-19(27)13-25-14-23-20-18(21(25)28)12-24-26(20)17-5-3-2-4-6-17/h2-10,12,14H,11,13H2,1H3,(H,22,27). The molecule has 0 saturated heterocycles. The van der Waals surface area contributed by atoms with Crippen LogP contribution >= 0.6 is 0 Å². The summed E-state index contributed by atoms with van der Waals surface area (Å²) in [5.74, 6) is -0.251. The highest BCUT2D eigenvalue weighted by Gasteiger charge is 2.13. The second-order valence-corrected chi connectivity index (χ2v) is 6.57. The van der Waals surface area contributed by atoms with Crippen LogP contribution in [0.1, 0.15) is 11.1 Å². The molecule has 0 unspecified atom stereocenters. The summed E-state index contributed by atoms with van der Waals surface area (Å²) < 4.78 is 2.91. The molecule has 28 heavy (non-hydrogen) atoms. The molecule has 7 heteroatoms. The van der Waals surface area contributed by atoms with E-state index in [9.17, 15) is 9.59 Å². The van der Waals surface area contributed by atoms with Gasteiger partial charge >= 0.3 is 0 Å². The molecule has 2 aromatic heterocycles. The van der Waals surface area contributed by atoms with Crippen molar-refractivity contribution in [1.82, 2.24) is 24.6 Å². The van der Waals surface area contributed by atoms with Crippen LogP contribution in [-0.2, 0) is 17.9 Å². The number of hydrogen-bond donors (Lipinski definition) is 1. The molecule has 0 aliphatic carbocycles. The maximum Gasteiger partial charge on any atom is 0.264 e. The number of aromatic nitrogens is 4. The number of amides is 1. The van der Waals surface area contributed by atoms with Crippen LogP contribution in [0, 0.1) is 6.92 Å². The fourth-order valence-corrected chi connectivity index (χ4v) is 2.94. The SMILES string of the molecule is Cc1ccc(CNC(=O)Cn2cnc3c(cnn3-c3ccccc3)c2=O)cc1. The molecule has 1 N–H and O–H groups in total. The minimum atomic E-state index is -0.294. The molecule has 0 aliphatic rings. The number of para-hydroxylation sites is 1. The summed E-state index contributed by atoms with van der Waals surface area (Å²) in [4.78, 5) is 29.3. The number of carbonyl (C=O) groups excluding carboxylic acids is 1. The van der Waals surface area contributed by atoms with Crippen molar-refractivity contribution in [2.45, 2.75) is 20.0 Å². The van der Waals surface area contributed by atoms with Gasteiger partial charge in [-0.05, 0) is 24.6 Å². The van der Waals surface area contributed by atoms with Gasteiger partial charge in [-0.3, -0.25) is 14.2 Å². The highest BCUT2D eigenvalue weighted by atomic mass is 16.2. The van der Waals surface area contributed by atoms with E-state index in [4.69, 9.17) is 0 Å². The zero-order valence-electron chi connectivity index (χ0n) is 15.4. The lowest BCUT2D eigenvalue weighted by Gasteiger charge is -2.08. The highest BCUT2D eigenvalue weighted by molar-refractivity contribution is 5.77. The first-order chi connectivity index (χ1) is 13.6. The predicted octanol–water partition coefficient (Wildman–Crippen LogP) is 2.21. The molecular weight excluding hydrogens is 354 g/mol. The van der Waals surface area contributed by atoms with Gasteiger partial charge < -0.3 is 5.32 Å². The van der Waals surface area contributed by atoms with E-state index in [1.807, 2.05) is 61.5 Å². The van der Waals surface area contributed by atoms with Crippen LogP contribution in [0.25, 0.3) is 16.7 Å². The summed E-state index contributed by atoms with van der Waals surface area (Å²) in [6.45, 7) is 2.33. The van der Waals surface area contributed by atoms with E-state index in [1.54, 1.807) is 4.68 Å². The highest BCUT2D eigenvalue weighted by Crippen LogP contribution is 2.12. The second kappa shape index (κ2) is 7.48. The Morgan fingerprint density at radius 3 is 2.57 bits per heavy atom. The number of benzene rings is 2. The van der Waals surface area contributed by atoms with E-state index in [0.29, 0.717) is 17.6 Å². The van der Waals surface area contributed by atoms with E-state index in [2.05, 4.69) is 15.4 Å². The Labute approximate surface area is 161 Å². The number of aryl methyl sites for hydroxylation is 1. The van der Waals surface area contributed by atoms with Crippen molar-refractivity contribution in [1.29, 1.82) is 0 Å². The molecular formula is C21H19N5O2. The molecule has 0 radical (unpaired) electrons. The average Bonchev–Trinajstić information content (AvgIpc) is 3.15. The molecule has 140 valence electrons. The normalized spacial score (nSPS) is 10.9. The van der Waals surface area contributed by atoms with E-state index in [-0.39, 0.29) is 18.0 Å². The molecule has 2 aromatic carbocycles. The quantitative estimate of drug-likeness (QED) is 0.581. The van der Waals surface area contributed by atoms with Crippen LogP contribution in [-0.4, -0.2) is 25.2 Å². The monoisotopic (exact) mass is 373 g/mol. The number of fused-ring (bicyclic) bond motifs is 1. The minimum Gasteiger partial charge on any atom is -0.350 e. The Balaban J connectivity index is 1.51. The summed E-state index contributed by atoms with van der Waals surface area (Å²) in [5.41, 5.74) is 3.16. The lowest BCUT2D eigenvalue weighted by molar-refractivity contribution is -0.121.